The normalized spacial score (nSPS) is 15.7. The van der Waals surface area contributed by atoms with Gasteiger partial charge in [-0.05, 0) is 32.0 Å². The lowest BCUT2D eigenvalue weighted by molar-refractivity contribution is 0.0777. The van der Waals surface area contributed by atoms with Crippen molar-refractivity contribution in [3.8, 4) is 11.5 Å². The Morgan fingerprint density at radius 2 is 2.15 bits per heavy atom. The number of H-pyrrole nitrogens is 1. The number of ketones is 1. The van der Waals surface area contributed by atoms with Crippen LogP contribution in [0.4, 0.5) is 0 Å². The number of nitrogens with zero attached hydrogens (tertiary/aromatic N) is 3. The van der Waals surface area contributed by atoms with Gasteiger partial charge in [-0.3, -0.25) is 4.79 Å². The topological polar surface area (TPSA) is 82.0 Å². The number of carbonyl (C=O) groups excluding carboxylic acids is 1. The molecule has 0 spiro atoms. The van der Waals surface area contributed by atoms with Crippen LogP contribution in [0.15, 0.2) is 41.6 Å². The molecule has 3 heterocycles. The van der Waals surface area contributed by atoms with Crippen molar-refractivity contribution >= 4 is 17.5 Å². The molecule has 0 unspecified atom stereocenters. The van der Waals surface area contributed by atoms with Gasteiger partial charge in [0, 0.05) is 17.0 Å². The molecule has 0 radical (unpaired) electrons. The van der Waals surface area contributed by atoms with Gasteiger partial charge in [-0.15, -0.1) is 5.10 Å². The fraction of sp³-hybridized carbons (Fsp3) is 0.316. The molecule has 1 aromatic carbocycles. The number of fused-ring (bicyclic) bond motifs is 1. The highest BCUT2D eigenvalue weighted by Gasteiger charge is 2.24. The molecule has 140 valence electrons. The molecule has 1 aliphatic rings. The van der Waals surface area contributed by atoms with Crippen LogP contribution < -0.4 is 9.47 Å². The molecule has 0 fully saturated rings. The van der Waals surface area contributed by atoms with Gasteiger partial charge >= 0.3 is 0 Å². The van der Waals surface area contributed by atoms with Crippen molar-refractivity contribution in [2.75, 3.05) is 12.4 Å². The summed E-state index contributed by atoms with van der Waals surface area (Å²) in [6.45, 7) is 5.10. The van der Waals surface area contributed by atoms with Crippen molar-refractivity contribution < 1.29 is 14.3 Å². The van der Waals surface area contributed by atoms with E-state index in [1.54, 1.807) is 6.20 Å². The average Bonchev–Trinajstić information content (AvgIpc) is 3.30. The van der Waals surface area contributed by atoms with Gasteiger partial charge in [-0.2, -0.15) is 10.3 Å². The molecule has 1 atom stereocenters. The molecular formula is C19H20N4O3S. The van der Waals surface area contributed by atoms with Gasteiger partial charge in [-0.25, -0.2) is 0 Å². The first-order valence-corrected chi connectivity index (χ1v) is 9.67. The van der Waals surface area contributed by atoms with Crippen molar-refractivity contribution in [3.05, 3.63) is 53.5 Å². The maximum absolute atomic E-state index is 12.6. The third-order valence-corrected chi connectivity index (χ3v) is 5.47. The Kier molecular flexibility index (Phi) is 4.89. The second kappa shape index (κ2) is 7.48. The molecule has 0 amide bonds. The largest absolute Gasteiger partial charge is 0.486 e. The predicted octanol–water partition coefficient (Wildman–Crippen LogP) is 3.04. The van der Waals surface area contributed by atoms with E-state index in [1.807, 2.05) is 44.2 Å². The number of Topliss-reactive ketones (excluding diaryl/α,β-unsaturated/α-hetero) is 1. The molecule has 2 aromatic heterocycles. The van der Waals surface area contributed by atoms with Crippen LogP contribution >= 0.6 is 11.8 Å². The highest BCUT2D eigenvalue weighted by atomic mass is 32.2. The van der Waals surface area contributed by atoms with Crippen LogP contribution in [0.2, 0.25) is 0 Å². The molecule has 0 bridgehead atoms. The number of nitrogens with one attached hydrogen (secondary N) is 1. The number of rotatable bonds is 6. The number of carbonyl (C=O) groups is 1. The van der Waals surface area contributed by atoms with Crippen molar-refractivity contribution in [2.45, 2.75) is 31.5 Å². The van der Waals surface area contributed by atoms with E-state index in [-0.39, 0.29) is 11.9 Å². The maximum atomic E-state index is 12.6. The number of hydrogen-bond acceptors (Lipinski definition) is 6. The second-order valence-electron chi connectivity index (χ2n) is 6.41. The standard InChI is InChI=1S/C19H20N4O3S/c1-12-7-15(16(24)11-27-19-8-20-22-21-19)13(2)23(12)9-14-10-25-17-5-3-4-6-18(17)26-14/h3-8,14H,9-11H2,1-2H3,(H,20,21,22)/t14-/m1/s1. The van der Waals surface area contributed by atoms with Crippen molar-refractivity contribution in [1.82, 2.24) is 20.0 Å². The smallest absolute Gasteiger partial charge is 0.174 e. The maximum Gasteiger partial charge on any atom is 0.174 e. The molecule has 0 aliphatic carbocycles. The molecular weight excluding hydrogens is 364 g/mol. The van der Waals surface area contributed by atoms with E-state index in [4.69, 9.17) is 9.47 Å². The number of para-hydroxylation sites is 2. The number of aryl methyl sites for hydroxylation is 1. The third kappa shape index (κ3) is 3.71. The van der Waals surface area contributed by atoms with Crippen LogP contribution in [0.25, 0.3) is 0 Å². The van der Waals surface area contributed by atoms with Crippen LogP contribution in [0.1, 0.15) is 21.7 Å². The van der Waals surface area contributed by atoms with E-state index in [1.165, 1.54) is 11.8 Å². The Balaban J connectivity index is 1.45. The summed E-state index contributed by atoms with van der Waals surface area (Å²) in [6.07, 6.45) is 1.51. The van der Waals surface area contributed by atoms with Crippen LogP contribution in [0.5, 0.6) is 11.5 Å². The van der Waals surface area contributed by atoms with Gasteiger partial charge in [-0.1, -0.05) is 23.9 Å². The minimum atomic E-state index is -0.0999. The summed E-state index contributed by atoms with van der Waals surface area (Å²) < 4.78 is 14.0. The quantitative estimate of drug-likeness (QED) is 0.520. The Morgan fingerprint density at radius 3 is 2.93 bits per heavy atom. The Bertz CT molecular complexity index is 952. The summed E-state index contributed by atoms with van der Waals surface area (Å²) >= 11 is 1.37. The molecule has 27 heavy (non-hydrogen) atoms. The summed E-state index contributed by atoms with van der Waals surface area (Å²) in [5.74, 6) is 1.94. The number of thioether (sulfide) groups is 1. The lowest BCUT2D eigenvalue weighted by Gasteiger charge is -2.27. The molecule has 3 aromatic rings. The minimum Gasteiger partial charge on any atom is -0.486 e. The van der Waals surface area contributed by atoms with Crippen LogP contribution in [0.3, 0.4) is 0 Å². The van der Waals surface area contributed by atoms with Gasteiger partial charge < -0.3 is 14.0 Å². The number of ether oxygens (including phenoxy) is 2. The Hall–Kier alpha value is -2.74. The van der Waals surface area contributed by atoms with Crippen LogP contribution in [0, 0.1) is 13.8 Å². The minimum absolute atomic E-state index is 0.0773. The number of aromatic nitrogens is 4. The highest BCUT2D eigenvalue weighted by Crippen LogP contribution is 2.31. The van der Waals surface area contributed by atoms with E-state index in [0.29, 0.717) is 23.9 Å². The summed E-state index contributed by atoms with van der Waals surface area (Å²) in [4.78, 5) is 12.6. The molecule has 1 aliphatic heterocycles. The van der Waals surface area contributed by atoms with E-state index in [0.717, 1.165) is 28.5 Å². The number of benzene rings is 1. The molecule has 0 saturated carbocycles. The fourth-order valence-corrected chi connectivity index (χ4v) is 3.87. The van der Waals surface area contributed by atoms with Crippen LogP contribution in [-0.4, -0.2) is 44.2 Å². The van der Waals surface area contributed by atoms with Crippen molar-refractivity contribution in [1.29, 1.82) is 0 Å². The average molecular weight is 384 g/mol. The highest BCUT2D eigenvalue weighted by molar-refractivity contribution is 7.99. The van der Waals surface area contributed by atoms with Crippen LogP contribution in [-0.2, 0) is 6.54 Å². The summed E-state index contributed by atoms with van der Waals surface area (Å²) in [5, 5.41) is 11.0. The monoisotopic (exact) mass is 384 g/mol. The first-order chi connectivity index (χ1) is 13.1. The number of hydrogen-bond donors (Lipinski definition) is 1. The van der Waals surface area contributed by atoms with Crippen molar-refractivity contribution in [2.24, 2.45) is 0 Å². The summed E-state index contributed by atoms with van der Waals surface area (Å²) in [7, 11) is 0. The lowest BCUT2D eigenvalue weighted by Crippen LogP contribution is -2.33. The summed E-state index contributed by atoms with van der Waals surface area (Å²) in [6, 6.07) is 9.62. The lowest BCUT2D eigenvalue weighted by atomic mass is 10.2. The third-order valence-electron chi connectivity index (χ3n) is 4.57. The Labute approximate surface area is 161 Å². The van der Waals surface area contributed by atoms with Gasteiger partial charge in [0.2, 0.25) is 0 Å². The van der Waals surface area contributed by atoms with E-state index < -0.39 is 0 Å². The van der Waals surface area contributed by atoms with E-state index in [9.17, 15) is 4.79 Å². The molecule has 0 saturated heterocycles. The van der Waals surface area contributed by atoms with Gasteiger partial charge in [0.15, 0.2) is 23.4 Å². The molecule has 1 N–H and O–H groups in total. The van der Waals surface area contributed by atoms with Crippen molar-refractivity contribution in [3.63, 3.8) is 0 Å². The predicted molar refractivity (Wildman–Crippen MR) is 102 cm³/mol. The SMILES string of the molecule is Cc1cc(C(=O)CSc2cn[nH]n2)c(C)n1C[C@@H]1COc2ccccc2O1. The zero-order valence-electron chi connectivity index (χ0n) is 15.1. The zero-order chi connectivity index (χ0) is 18.8. The van der Waals surface area contributed by atoms with E-state index in [2.05, 4.69) is 20.0 Å². The Morgan fingerprint density at radius 1 is 1.33 bits per heavy atom. The number of aromatic amines is 1. The fourth-order valence-electron chi connectivity index (χ4n) is 3.20. The second-order valence-corrected chi connectivity index (χ2v) is 7.41. The molecule has 8 heteroatoms. The van der Waals surface area contributed by atoms with Gasteiger partial charge in [0.25, 0.3) is 0 Å². The first kappa shape index (κ1) is 17.7. The molecule has 4 rings (SSSR count). The van der Waals surface area contributed by atoms with E-state index >= 15 is 0 Å². The summed E-state index contributed by atoms with van der Waals surface area (Å²) in [5.41, 5.74) is 2.71. The zero-order valence-corrected chi connectivity index (χ0v) is 16.0. The van der Waals surface area contributed by atoms with Gasteiger partial charge in [0.1, 0.15) is 11.6 Å². The first-order valence-electron chi connectivity index (χ1n) is 8.69. The van der Waals surface area contributed by atoms with Gasteiger partial charge in [0.05, 0.1) is 18.5 Å². The molecule has 7 nitrogen and oxygen atoms in total.